The van der Waals surface area contributed by atoms with E-state index in [-0.39, 0.29) is 12.0 Å². The summed E-state index contributed by atoms with van der Waals surface area (Å²) in [6.07, 6.45) is 4.55. The molecule has 0 spiro atoms. The summed E-state index contributed by atoms with van der Waals surface area (Å²) in [5.41, 5.74) is 5.44. The Hall–Kier alpha value is -2.24. The van der Waals surface area contributed by atoms with Crippen molar-refractivity contribution in [2.75, 3.05) is 0 Å². The lowest BCUT2D eigenvalue weighted by atomic mass is 10.0. The second kappa shape index (κ2) is 8.14. The molecule has 114 valence electrons. The number of nitrogens with two attached hydrogens (primary N) is 1. The first-order valence-corrected chi connectivity index (χ1v) is 6.63. The van der Waals surface area contributed by atoms with E-state index in [1.54, 1.807) is 6.08 Å². The van der Waals surface area contributed by atoms with Crippen molar-refractivity contribution in [3.63, 3.8) is 0 Å². The number of allylic oxidation sites excluding steroid dienone is 1. The van der Waals surface area contributed by atoms with Crippen molar-refractivity contribution in [2.45, 2.75) is 32.2 Å². The number of hydrogen-bond acceptors (Lipinski definition) is 2. The molecule has 0 unspecified atom stereocenters. The van der Waals surface area contributed by atoms with Gasteiger partial charge in [0.1, 0.15) is 17.7 Å². The summed E-state index contributed by atoms with van der Waals surface area (Å²) in [5, 5.41) is 2.42. The van der Waals surface area contributed by atoms with Crippen LogP contribution in [0, 0.1) is 11.6 Å². The molecule has 3 N–H and O–H groups in total. The standard InChI is InChI=1S/C15H18F2N2O2/c1-2-3-4-5-14(20)19-13(15(18)21)8-10-6-11(16)9-12(17)7-10/h4-7,9,13H,2-3,8H2,1H3,(H2,18,21)(H,19,20)/b5-4+/t13-/m0/s1. The van der Waals surface area contributed by atoms with Gasteiger partial charge in [0, 0.05) is 12.5 Å². The predicted octanol–water partition coefficient (Wildman–Crippen LogP) is 1.83. The molecule has 1 aromatic carbocycles. The van der Waals surface area contributed by atoms with Crippen LogP contribution in [0.4, 0.5) is 8.78 Å². The van der Waals surface area contributed by atoms with Crippen LogP contribution in [-0.2, 0) is 16.0 Å². The maximum Gasteiger partial charge on any atom is 0.244 e. The Labute approximate surface area is 122 Å². The number of hydrogen-bond donors (Lipinski definition) is 2. The summed E-state index contributed by atoms with van der Waals surface area (Å²) >= 11 is 0. The Morgan fingerprint density at radius 3 is 2.43 bits per heavy atom. The van der Waals surface area contributed by atoms with Gasteiger partial charge in [-0.05, 0) is 30.2 Å². The smallest absolute Gasteiger partial charge is 0.244 e. The number of nitrogens with one attached hydrogen (secondary N) is 1. The van der Waals surface area contributed by atoms with Crippen LogP contribution >= 0.6 is 0 Å². The molecule has 0 heterocycles. The van der Waals surface area contributed by atoms with E-state index in [9.17, 15) is 18.4 Å². The number of amides is 2. The number of benzene rings is 1. The second-order valence-electron chi connectivity index (χ2n) is 4.64. The van der Waals surface area contributed by atoms with Crippen molar-refractivity contribution in [3.05, 3.63) is 47.5 Å². The lowest BCUT2D eigenvalue weighted by Gasteiger charge is -2.14. The highest BCUT2D eigenvalue weighted by atomic mass is 19.1. The van der Waals surface area contributed by atoms with Crippen LogP contribution < -0.4 is 11.1 Å². The molecule has 0 bridgehead atoms. The number of primary amides is 1. The van der Waals surface area contributed by atoms with Crippen LogP contribution in [0.2, 0.25) is 0 Å². The van der Waals surface area contributed by atoms with Gasteiger partial charge in [0.15, 0.2) is 0 Å². The van der Waals surface area contributed by atoms with Gasteiger partial charge in [0.05, 0.1) is 0 Å². The van der Waals surface area contributed by atoms with Gasteiger partial charge >= 0.3 is 0 Å². The topological polar surface area (TPSA) is 72.2 Å². The molecule has 1 rings (SSSR count). The fourth-order valence-corrected chi connectivity index (χ4v) is 1.76. The highest BCUT2D eigenvalue weighted by Crippen LogP contribution is 2.10. The van der Waals surface area contributed by atoms with Gasteiger partial charge < -0.3 is 11.1 Å². The van der Waals surface area contributed by atoms with E-state index in [0.717, 1.165) is 31.0 Å². The van der Waals surface area contributed by atoms with E-state index in [0.29, 0.717) is 0 Å². The Balaban J connectivity index is 2.74. The van der Waals surface area contributed by atoms with Crippen LogP contribution in [0.15, 0.2) is 30.4 Å². The lowest BCUT2D eigenvalue weighted by molar-refractivity contribution is -0.124. The monoisotopic (exact) mass is 296 g/mol. The first-order valence-electron chi connectivity index (χ1n) is 6.63. The van der Waals surface area contributed by atoms with Crippen molar-refractivity contribution in [1.82, 2.24) is 5.32 Å². The van der Waals surface area contributed by atoms with Crippen molar-refractivity contribution in [2.24, 2.45) is 5.73 Å². The Bertz CT molecular complexity index is 524. The summed E-state index contributed by atoms with van der Waals surface area (Å²) in [4.78, 5) is 22.9. The molecule has 21 heavy (non-hydrogen) atoms. The zero-order valence-corrected chi connectivity index (χ0v) is 11.7. The summed E-state index contributed by atoms with van der Waals surface area (Å²) < 4.78 is 26.2. The molecular formula is C15H18F2N2O2. The second-order valence-corrected chi connectivity index (χ2v) is 4.64. The molecule has 0 aliphatic heterocycles. The summed E-state index contributed by atoms with van der Waals surface area (Å²) in [7, 11) is 0. The van der Waals surface area contributed by atoms with Crippen molar-refractivity contribution < 1.29 is 18.4 Å². The lowest BCUT2D eigenvalue weighted by Crippen LogP contribution is -2.45. The first-order chi connectivity index (χ1) is 9.92. The minimum absolute atomic E-state index is 0.0721. The number of halogens is 2. The van der Waals surface area contributed by atoms with Gasteiger partial charge in [-0.15, -0.1) is 0 Å². The van der Waals surface area contributed by atoms with E-state index in [4.69, 9.17) is 5.73 Å². The molecule has 0 aliphatic carbocycles. The zero-order valence-electron chi connectivity index (χ0n) is 11.7. The Kier molecular flexibility index (Phi) is 6.52. The SMILES string of the molecule is CCC/C=C/C(=O)N[C@@H](Cc1cc(F)cc(F)c1)C(N)=O. The number of rotatable bonds is 7. The Morgan fingerprint density at radius 2 is 1.90 bits per heavy atom. The highest BCUT2D eigenvalue weighted by molar-refractivity contribution is 5.92. The van der Waals surface area contributed by atoms with Crippen molar-refractivity contribution in [3.8, 4) is 0 Å². The minimum atomic E-state index is -1.02. The molecule has 0 aliphatic rings. The first kappa shape index (κ1) is 16.8. The molecule has 0 aromatic heterocycles. The average molecular weight is 296 g/mol. The fourth-order valence-electron chi connectivity index (χ4n) is 1.76. The predicted molar refractivity (Wildman–Crippen MR) is 75.2 cm³/mol. The molecule has 1 aromatic rings. The van der Waals surface area contributed by atoms with E-state index in [1.165, 1.54) is 6.08 Å². The third-order valence-electron chi connectivity index (χ3n) is 2.75. The minimum Gasteiger partial charge on any atom is -0.368 e. The van der Waals surface area contributed by atoms with Crippen LogP contribution in [-0.4, -0.2) is 17.9 Å². The normalized spacial score (nSPS) is 12.3. The quantitative estimate of drug-likeness (QED) is 0.754. The van der Waals surface area contributed by atoms with Gasteiger partial charge in [-0.2, -0.15) is 0 Å². The maximum absolute atomic E-state index is 13.1. The molecule has 0 fully saturated rings. The molecule has 6 heteroatoms. The summed E-state index contributed by atoms with van der Waals surface area (Å²) in [6, 6.07) is 1.90. The third kappa shape index (κ3) is 6.16. The molecule has 0 saturated carbocycles. The van der Waals surface area contributed by atoms with E-state index < -0.39 is 29.5 Å². The largest absolute Gasteiger partial charge is 0.368 e. The molecule has 1 atom stereocenters. The molecular weight excluding hydrogens is 278 g/mol. The number of unbranched alkanes of at least 4 members (excludes halogenated alkanes) is 1. The molecule has 0 radical (unpaired) electrons. The third-order valence-corrected chi connectivity index (χ3v) is 2.75. The summed E-state index contributed by atoms with van der Waals surface area (Å²) in [5.74, 6) is -2.73. The number of carbonyl (C=O) groups excluding carboxylic acids is 2. The highest BCUT2D eigenvalue weighted by Gasteiger charge is 2.18. The van der Waals surface area contributed by atoms with Gasteiger partial charge in [0.25, 0.3) is 0 Å². The average Bonchev–Trinajstić information content (AvgIpc) is 2.37. The molecule has 0 saturated heterocycles. The number of carbonyl (C=O) groups is 2. The van der Waals surface area contributed by atoms with Gasteiger partial charge in [-0.1, -0.05) is 19.4 Å². The fraction of sp³-hybridized carbons (Fsp3) is 0.333. The van der Waals surface area contributed by atoms with Crippen LogP contribution in [0.1, 0.15) is 25.3 Å². The molecule has 2 amide bonds. The summed E-state index contributed by atoms with van der Waals surface area (Å²) in [6.45, 7) is 1.97. The van der Waals surface area contributed by atoms with Crippen molar-refractivity contribution in [1.29, 1.82) is 0 Å². The van der Waals surface area contributed by atoms with E-state index in [1.807, 2.05) is 6.92 Å². The van der Waals surface area contributed by atoms with Crippen LogP contribution in [0.3, 0.4) is 0 Å². The molecule has 4 nitrogen and oxygen atoms in total. The van der Waals surface area contributed by atoms with Crippen LogP contribution in [0.25, 0.3) is 0 Å². The van der Waals surface area contributed by atoms with Gasteiger partial charge in [-0.3, -0.25) is 9.59 Å². The Morgan fingerprint density at radius 1 is 1.29 bits per heavy atom. The van der Waals surface area contributed by atoms with E-state index >= 15 is 0 Å². The van der Waals surface area contributed by atoms with Gasteiger partial charge in [0.2, 0.25) is 11.8 Å². The van der Waals surface area contributed by atoms with Gasteiger partial charge in [-0.25, -0.2) is 8.78 Å². The van der Waals surface area contributed by atoms with E-state index in [2.05, 4.69) is 5.32 Å². The zero-order chi connectivity index (χ0) is 15.8. The maximum atomic E-state index is 13.1. The van der Waals surface area contributed by atoms with Crippen molar-refractivity contribution >= 4 is 11.8 Å². The van der Waals surface area contributed by atoms with Crippen LogP contribution in [0.5, 0.6) is 0 Å².